The number of nitrogens with one attached hydrogen (secondary N) is 1. The van der Waals surface area contributed by atoms with Crippen molar-refractivity contribution in [2.75, 3.05) is 43.5 Å². The van der Waals surface area contributed by atoms with Gasteiger partial charge in [0.25, 0.3) is 5.91 Å². The molecule has 3 rings (SSSR count). The second kappa shape index (κ2) is 7.29. The van der Waals surface area contributed by atoms with E-state index in [9.17, 15) is 9.59 Å². The van der Waals surface area contributed by atoms with Crippen molar-refractivity contribution in [2.24, 2.45) is 0 Å². The minimum Gasteiger partial charge on any atom is -0.495 e. The molecule has 1 aliphatic heterocycles. The van der Waals surface area contributed by atoms with Gasteiger partial charge >= 0.3 is 0 Å². The number of piperazine rings is 1. The Morgan fingerprint density at radius 2 is 1.80 bits per heavy atom. The molecule has 0 unspecified atom stereocenters. The number of carbonyl (C=O) groups excluding carboxylic acids is 2. The average molecular weight is 343 g/mol. The number of hydrogen-bond acceptors (Lipinski definition) is 5. The fourth-order valence-corrected chi connectivity index (χ4v) is 2.89. The van der Waals surface area contributed by atoms with E-state index in [-0.39, 0.29) is 23.5 Å². The smallest absolute Gasteiger partial charge is 0.289 e. The van der Waals surface area contributed by atoms with E-state index in [1.807, 2.05) is 24.3 Å². The number of amides is 2. The van der Waals surface area contributed by atoms with Crippen molar-refractivity contribution in [3.8, 4) is 5.75 Å². The molecule has 1 fully saturated rings. The van der Waals surface area contributed by atoms with E-state index in [0.717, 1.165) is 11.4 Å². The van der Waals surface area contributed by atoms with Crippen molar-refractivity contribution in [1.82, 2.24) is 4.90 Å². The third kappa shape index (κ3) is 3.76. The molecule has 1 aliphatic rings. The molecule has 7 heteroatoms. The van der Waals surface area contributed by atoms with Gasteiger partial charge in [-0.25, -0.2) is 0 Å². The van der Waals surface area contributed by atoms with Gasteiger partial charge < -0.3 is 19.0 Å². The van der Waals surface area contributed by atoms with Gasteiger partial charge in [-0.2, -0.15) is 0 Å². The van der Waals surface area contributed by atoms with Crippen LogP contribution in [0, 0.1) is 0 Å². The zero-order valence-electron chi connectivity index (χ0n) is 14.3. The van der Waals surface area contributed by atoms with Crippen molar-refractivity contribution in [1.29, 1.82) is 0 Å². The zero-order chi connectivity index (χ0) is 17.8. The molecular weight excluding hydrogens is 322 g/mol. The van der Waals surface area contributed by atoms with Gasteiger partial charge in [0.05, 0.1) is 12.8 Å². The van der Waals surface area contributed by atoms with Gasteiger partial charge in [0.1, 0.15) is 5.75 Å². The number of hydrogen-bond donors (Lipinski definition) is 1. The SMILES string of the molecule is COc1ccccc1N1CCN(C(=O)c2ccc(NC(C)=O)o2)CC1. The molecule has 2 aromatic rings. The third-order valence-electron chi connectivity index (χ3n) is 4.11. The Morgan fingerprint density at radius 3 is 2.48 bits per heavy atom. The quantitative estimate of drug-likeness (QED) is 0.921. The number of anilines is 2. The molecule has 1 saturated heterocycles. The topological polar surface area (TPSA) is 75.0 Å². The number of carbonyl (C=O) groups is 2. The lowest BCUT2D eigenvalue weighted by molar-refractivity contribution is -0.114. The van der Waals surface area contributed by atoms with Gasteiger partial charge in [-0.15, -0.1) is 0 Å². The molecule has 0 saturated carbocycles. The van der Waals surface area contributed by atoms with Crippen molar-refractivity contribution in [3.63, 3.8) is 0 Å². The van der Waals surface area contributed by atoms with Gasteiger partial charge in [0, 0.05) is 39.2 Å². The van der Waals surface area contributed by atoms with Crippen LogP contribution in [0.25, 0.3) is 0 Å². The molecule has 0 spiro atoms. The van der Waals surface area contributed by atoms with Crippen molar-refractivity contribution in [2.45, 2.75) is 6.92 Å². The van der Waals surface area contributed by atoms with Crippen LogP contribution in [0.1, 0.15) is 17.5 Å². The molecule has 132 valence electrons. The molecule has 0 bridgehead atoms. The molecule has 1 aromatic heterocycles. The number of para-hydroxylation sites is 2. The lowest BCUT2D eigenvalue weighted by Crippen LogP contribution is -2.48. The number of benzene rings is 1. The minimum absolute atomic E-state index is 0.170. The van der Waals surface area contributed by atoms with E-state index in [2.05, 4.69) is 10.2 Å². The summed E-state index contributed by atoms with van der Waals surface area (Å²) in [7, 11) is 1.65. The van der Waals surface area contributed by atoms with Crippen LogP contribution in [-0.4, -0.2) is 50.0 Å². The molecule has 2 heterocycles. The van der Waals surface area contributed by atoms with Crippen molar-refractivity contribution < 1.29 is 18.7 Å². The van der Waals surface area contributed by atoms with Crippen LogP contribution in [0.2, 0.25) is 0 Å². The number of nitrogens with zero attached hydrogens (tertiary/aromatic N) is 2. The maximum absolute atomic E-state index is 12.5. The van der Waals surface area contributed by atoms with E-state index in [1.54, 1.807) is 24.1 Å². The zero-order valence-corrected chi connectivity index (χ0v) is 14.3. The molecule has 0 radical (unpaired) electrons. The van der Waals surface area contributed by atoms with Crippen LogP contribution in [0.3, 0.4) is 0 Å². The highest BCUT2D eigenvalue weighted by atomic mass is 16.5. The normalized spacial score (nSPS) is 14.3. The summed E-state index contributed by atoms with van der Waals surface area (Å²) < 4.78 is 10.8. The first-order valence-electron chi connectivity index (χ1n) is 8.13. The summed E-state index contributed by atoms with van der Waals surface area (Å²) >= 11 is 0. The first-order chi connectivity index (χ1) is 12.1. The minimum atomic E-state index is -0.237. The Hall–Kier alpha value is -2.96. The molecule has 1 N–H and O–H groups in total. The third-order valence-corrected chi connectivity index (χ3v) is 4.11. The van der Waals surface area contributed by atoms with Gasteiger partial charge in [-0.1, -0.05) is 12.1 Å². The molecule has 0 atom stereocenters. The van der Waals surface area contributed by atoms with Crippen molar-refractivity contribution >= 4 is 23.4 Å². The van der Waals surface area contributed by atoms with Crippen LogP contribution in [0.4, 0.5) is 11.6 Å². The molecular formula is C18H21N3O4. The fourth-order valence-electron chi connectivity index (χ4n) is 2.89. The Bertz CT molecular complexity index is 763. The monoisotopic (exact) mass is 343 g/mol. The van der Waals surface area contributed by atoms with Crippen LogP contribution in [0.15, 0.2) is 40.8 Å². The van der Waals surface area contributed by atoms with Crippen LogP contribution in [-0.2, 0) is 4.79 Å². The van der Waals surface area contributed by atoms with Crippen LogP contribution in [0.5, 0.6) is 5.75 Å². The summed E-state index contributed by atoms with van der Waals surface area (Å²) in [5.41, 5.74) is 1.03. The number of rotatable bonds is 4. The van der Waals surface area contributed by atoms with E-state index < -0.39 is 0 Å². The number of ether oxygens (including phenoxy) is 1. The summed E-state index contributed by atoms with van der Waals surface area (Å²) in [6.45, 7) is 4.00. The second-order valence-corrected chi connectivity index (χ2v) is 5.80. The summed E-state index contributed by atoms with van der Waals surface area (Å²) in [5.74, 6) is 0.932. The highest BCUT2D eigenvalue weighted by molar-refractivity contribution is 5.93. The maximum atomic E-state index is 12.5. The second-order valence-electron chi connectivity index (χ2n) is 5.80. The van der Waals surface area contributed by atoms with E-state index in [1.165, 1.54) is 6.92 Å². The molecule has 2 amide bonds. The Kier molecular flexibility index (Phi) is 4.92. The summed E-state index contributed by atoms with van der Waals surface area (Å²) in [6.07, 6.45) is 0. The van der Waals surface area contributed by atoms with Crippen LogP contribution < -0.4 is 15.0 Å². The lowest BCUT2D eigenvalue weighted by Gasteiger charge is -2.36. The average Bonchev–Trinajstić information content (AvgIpc) is 3.09. The Balaban J connectivity index is 1.63. The molecule has 7 nitrogen and oxygen atoms in total. The summed E-state index contributed by atoms with van der Waals surface area (Å²) in [5, 5.41) is 2.53. The van der Waals surface area contributed by atoms with Gasteiger partial charge in [-0.3, -0.25) is 14.9 Å². The number of methoxy groups -OCH3 is 1. The van der Waals surface area contributed by atoms with E-state index in [4.69, 9.17) is 9.15 Å². The van der Waals surface area contributed by atoms with E-state index >= 15 is 0 Å². The first-order valence-corrected chi connectivity index (χ1v) is 8.13. The highest BCUT2D eigenvalue weighted by Gasteiger charge is 2.25. The summed E-state index contributed by atoms with van der Waals surface area (Å²) in [6, 6.07) is 11.0. The predicted molar refractivity (Wildman–Crippen MR) is 94.1 cm³/mol. The Labute approximate surface area is 146 Å². The highest BCUT2D eigenvalue weighted by Crippen LogP contribution is 2.28. The van der Waals surface area contributed by atoms with Gasteiger partial charge in [-0.05, 0) is 18.2 Å². The standard InChI is InChI=1S/C18H21N3O4/c1-13(22)19-17-8-7-16(25-17)18(23)21-11-9-20(10-12-21)14-5-3-4-6-15(14)24-2/h3-8H,9-12H2,1-2H3,(H,19,22). The maximum Gasteiger partial charge on any atom is 0.289 e. The first kappa shape index (κ1) is 16.9. The number of furan rings is 1. The van der Waals surface area contributed by atoms with Crippen LogP contribution >= 0.6 is 0 Å². The molecule has 1 aromatic carbocycles. The fraction of sp³-hybridized carbons (Fsp3) is 0.333. The van der Waals surface area contributed by atoms with Gasteiger partial charge in [0.15, 0.2) is 11.6 Å². The predicted octanol–water partition coefficient (Wildman–Crippen LogP) is 2.21. The van der Waals surface area contributed by atoms with Crippen molar-refractivity contribution in [3.05, 3.63) is 42.2 Å². The molecule has 25 heavy (non-hydrogen) atoms. The van der Waals surface area contributed by atoms with E-state index in [0.29, 0.717) is 26.2 Å². The lowest BCUT2D eigenvalue weighted by atomic mass is 10.2. The Morgan fingerprint density at radius 1 is 1.08 bits per heavy atom. The molecule has 0 aliphatic carbocycles. The summed E-state index contributed by atoms with van der Waals surface area (Å²) in [4.78, 5) is 27.5. The van der Waals surface area contributed by atoms with Gasteiger partial charge in [0.2, 0.25) is 5.91 Å². The largest absolute Gasteiger partial charge is 0.495 e.